The molecule has 1 heterocycles. The molecule has 0 aliphatic heterocycles. The van der Waals surface area contributed by atoms with Crippen LogP contribution >= 0.6 is 11.3 Å². The van der Waals surface area contributed by atoms with Gasteiger partial charge in [0.1, 0.15) is 12.4 Å². The Balaban J connectivity index is 2.35. The number of hydrogen-bond donors (Lipinski definition) is 2. The highest BCUT2D eigenvalue weighted by Crippen LogP contribution is 2.20. The number of rotatable bonds is 5. The molecule has 0 unspecified atom stereocenters. The lowest BCUT2D eigenvalue weighted by atomic mass is 10.1. The zero-order valence-corrected chi connectivity index (χ0v) is 12.3. The van der Waals surface area contributed by atoms with Crippen molar-refractivity contribution in [2.24, 2.45) is 5.73 Å². The van der Waals surface area contributed by atoms with Gasteiger partial charge in [-0.25, -0.2) is 4.98 Å². The average Bonchev–Trinajstić information content (AvgIpc) is 2.90. The monoisotopic (exact) mass is 305 g/mol. The van der Waals surface area contributed by atoms with Crippen LogP contribution in [-0.4, -0.2) is 28.5 Å². The predicted molar refractivity (Wildman–Crippen MR) is 80.5 cm³/mol. The molecule has 7 heteroatoms. The number of benzene rings is 1. The molecular formula is C14H15N3O3S. The molecular weight excluding hydrogens is 290 g/mol. The van der Waals surface area contributed by atoms with Crippen LogP contribution in [0.15, 0.2) is 29.6 Å². The standard InChI is InChI=1S/C14H15N3O3S/c1-9-16-12(8-21-9)17(7-13(18)19)14(20)11-4-2-3-10(5-11)6-15/h2-5,8H,6-7,15H2,1H3,(H,18,19). The van der Waals surface area contributed by atoms with E-state index in [1.807, 2.05) is 6.07 Å². The van der Waals surface area contributed by atoms with Crippen LogP contribution in [0.2, 0.25) is 0 Å². The summed E-state index contributed by atoms with van der Waals surface area (Å²) in [5, 5.41) is 11.4. The molecule has 21 heavy (non-hydrogen) atoms. The van der Waals surface area contributed by atoms with Gasteiger partial charge in [0, 0.05) is 17.5 Å². The topological polar surface area (TPSA) is 96.5 Å². The molecule has 110 valence electrons. The lowest BCUT2D eigenvalue weighted by Gasteiger charge is -2.18. The first-order chi connectivity index (χ1) is 10.0. The molecule has 1 aromatic carbocycles. The summed E-state index contributed by atoms with van der Waals surface area (Å²) in [6.07, 6.45) is 0. The van der Waals surface area contributed by atoms with Crippen molar-refractivity contribution >= 4 is 29.0 Å². The maximum atomic E-state index is 12.5. The second-order valence-corrected chi connectivity index (χ2v) is 5.48. The van der Waals surface area contributed by atoms with Crippen molar-refractivity contribution in [3.63, 3.8) is 0 Å². The molecule has 0 atom stereocenters. The minimum Gasteiger partial charge on any atom is -0.480 e. The van der Waals surface area contributed by atoms with E-state index >= 15 is 0 Å². The number of carboxylic acids is 1. The molecule has 1 aromatic heterocycles. The van der Waals surface area contributed by atoms with Crippen LogP contribution in [0.3, 0.4) is 0 Å². The van der Waals surface area contributed by atoms with Gasteiger partial charge in [0.15, 0.2) is 0 Å². The number of aromatic nitrogens is 1. The van der Waals surface area contributed by atoms with E-state index < -0.39 is 18.4 Å². The van der Waals surface area contributed by atoms with Gasteiger partial charge in [-0.3, -0.25) is 14.5 Å². The molecule has 0 aliphatic rings. The molecule has 3 N–H and O–H groups in total. The smallest absolute Gasteiger partial charge is 0.323 e. The molecule has 2 aromatic rings. The summed E-state index contributed by atoms with van der Waals surface area (Å²) < 4.78 is 0. The van der Waals surface area contributed by atoms with E-state index in [0.29, 0.717) is 17.9 Å². The molecule has 0 radical (unpaired) electrons. The highest BCUT2D eigenvalue weighted by Gasteiger charge is 2.22. The summed E-state index contributed by atoms with van der Waals surface area (Å²) in [5.74, 6) is -1.15. The SMILES string of the molecule is Cc1nc(N(CC(=O)O)C(=O)c2cccc(CN)c2)cs1. The number of hydrogen-bond acceptors (Lipinski definition) is 5. The predicted octanol–water partition coefficient (Wildman–Crippen LogP) is 1.64. The first-order valence-electron chi connectivity index (χ1n) is 6.26. The number of anilines is 1. The highest BCUT2D eigenvalue weighted by molar-refractivity contribution is 7.09. The molecule has 0 fully saturated rings. The Morgan fingerprint density at radius 3 is 2.76 bits per heavy atom. The molecule has 2 rings (SSSR count). The molecule has 1 amide bonds. The second-order valence-electron chi connectivity index (χ2n) is 4.41. The quantitative estimate of drug-likeness (QED) is 0.875. The van der Waals surface area contributed by atoms with Gasteiger partial charge in [-0.2, -0.15) is 0 Å². The lowest BCUT2D eigenvalue weighted by Crippen LogP contribution is -2.36. The van der Waals surface area contributed by atoms with Crippen molar-refractivity contribution in [2.75, 3.05) is 11.4 Å². The molecule has 0 bridgehead atoms. The van der Waals surface area contributed by atoms with Gasteiger partial charge < -0.3 is 10.8 Å². The Bertz CT molecular complexity index is 669. The molecule has 6 nitrogen and oxygen atoms in total. The number of carboxylic acid groups (broad SMARTS) is 1. The summed E-state index contributed by atoms with van der Waals surface area (Å²) in [7, 11) is 0. The number of carbonyl (C=O) groups excluding carboxylic acids is 1. The summed E-state index contributed by atoms with van der Waals surface area (Å²) in [6, 6.07) is 6.83. The summed E-state index contributed by atoms with van der Waals surface area (Å²) >= 11 is 1.36. The molecule has 0 spiro atoms. The van der Waals surface area contributed by atoms with E-state index in [1.165, 1.54) is 11.3 Å². The van der Waals surface area contributed by atoms with Crippen molar-refractivity contribution in [1.29, 1.82) is 0 Å². The van der Waals surface area contributed by atoms with E-state index in [1.54, 1.807) is 30.5 Å². The number of thiazole rings is 1. The van der Waals surface area contributed by atoms with E-state index in [9.17, 15) is 9.59 Å². The maximum absolute atomic E-state index is 12.5. The normalized spacial score (nSPS) is 10.4. The largest absolute Gasteiger partial charge is 0.480 e. The molecule has 0 saturated heterocycles. The van der Waals surface area contributed by atoms with E-state index in [0.717, 1.165) is 15.5 Å². The van der Waals surface area contributed by atoms with Gasteiger partial charge in [-0.1, -0.05) is 12.1 Å². The zero-order valence-electron chi connectivity index (χ0n) is 11.4. The summed E-state index contributed by atoms with van der Waals surface area (Å²) in [6.45, 7) is 1.68. The molecule has 0 saturated carbocycles. The average molecular weight is 305 g/mol. The van der Waals surface area contributed by atoms with Gasteiger partial charge in [0.2, 0.25) is 0 Å². The number of amides is 1. The first-order valence-corrected chi connectivity index (χ1v) is 7.14. The van der Waals surface area contributed by atoms with Gasteiger partial charge in [0.05, 0.1) is 5.01 Å². The first kappa shape index (κ1) is 15.1. The van der Waals surface area contributed by atoms with Crippen LogP contribution in [0.5, 0.6) is 0 Å². The zero-order chi connectivity index (χ0) is 15.4. The Hall–Kier alpha value is -2.25. The number of nitrogens with zero attached hydrogens (tertiary/aromatic N) is 2. The second kappa shape index (κ2) is 6.47. The van der Waals surface area contributed by atoms with Crippen molar-refractivity contribution in [2.45, 2.75) is 13.5 Å². The van der Waals surface area contributed by atoms with Crippen molar-refractivity contribution in [3.8, 4) is 0 Å². The van der Waals surface area contributed by atoms with Crippen LogP contribution in [0, 0.1) is 6.92 Å². The fourth-order valence-corrected chi connectivity index (χ4v) is 2.46. The van der Waals surface area contributed by atoms with Crippen LogP contribution in [-0.2, 0) is 11.3 Å². The van der Waals surface area contributed by atoms with Gasteiger partial charge in [-0.05, 0) is 24.6 Å². The number of aliphatic carboxylic acids is 1. The van der Waals surface area contributed by atoms with Crippen LogP contribution in [0.25, 0.3) is 0 Å². The maximum Gasteiger partial charge on any atom is 0.323 e. The third-order valence-electron chi connectivity index (χ3n) is 2.83. The number of carbonyl (C=O) groups is 2. The van der Waals surface area contributed by atoms with Crippen molar-refractivity contribution < 1.29 is 14.7 Å². The van der Waals surface area contributed by atoms with E-state index in [2.05, 4.69) is 4.98 Å². The lowest BCUT2D eigenvalue weighted by molar-refractivity contribution is -0.135. The minimum atomic E-state index is -1.09. The van der Waals surface area contributed by atoms with Crippen molar-refractivity contribution in [3.05, 3.63) is 45.8 Å². The van der Waals surface area contributed by atoms with Crippen LogP contribution < -0.4 is 10.6 Å². The summed E-state index contributed by atoms with van der Waals surface area (Å²) in [4.78, 5) is 28.9. The Labute approximate surface area is 125 Å². The third kappa shape index (κ3) is 3.65. The van der Waals surface area contributed by atoms with Crippen molar-refractivity contribution in [1.82, 2.24) is 4.98 Å². The van der Waals surface area contributed by atoms with Gasteiger partial charge in [0.25, 0.3) is 5.91 Å². The Morgan fingerprint density at radius 1 is 1.43 bits per heavy atom. The number of aryl methyl sites for hydroxylation is 1. The number of nitrogens with two attached hydrogens (primary N) is 1. The highest BCUT2D eigenvalue weighted by atomic mass is 32.1. The minimum absolute atomic E-state index is 0.315. The van der Waals surface area contributed by atoms with Gasteiger partial charge in [-0.15, -0.1) is 11.3 Å². The third-order valence-corrected chi connectivity index (χ3v) is 3.59. The van der Waals surface area contributed by atoms with E-state index in [4.69, 9.17) is 10.8 Å². The fraction of sp³-hybridized carbons (Fsp3) is 0.214. The van der Waals surface area contributed by atoms with E-state index in [-0.39, 0.29) is 0 Å². The Morgan fingerprint density at radius 2 is 2.19 bits per heavy atom. The van der Waals surface area contributed by atoms with Crippen LogP contribution in [0.1, 0.15) is 20.9 Å². The molecule has 0 aliphatic carbocycles. The van der Waals surface area contributed by atoms with Gasteiger partial charge >= 0.3 is 5.97 Å². The van der Waals surface area contributed by atoms with Crippen LogP contribution in [0.4, 0.5) is 5.82 Å². The summed E-state index contributed by atoms with van der Waals surface area (Å²) in [5.41, 5.74) is 6.76. The Kier molecular flexibility index (Phi) is 4.66. The fourth-order valence-electron chi connectivity index (χ4n) is 1.86.